The molecule has 0 radical (unpaired) electrons. The number of aromatic nitrogens is 4. The molecule has 0 spiro atoms. The molecule has 2 saturated heterocycles. The van der Waals surface area contributed by atoms with E-state index in [4.69, 9.17) is 24.5 Å². The maximum Gasteiger partial charge on any atom is 0.357 e. The SMILES string of the molecule is CCOC(=O)c1cc(-c2ccc(N3CCC(C#N)CC3)nc2)c2c(C(C)C)nn(C3CCCOC3)c2n1. The number of ether oxygens (including phenoxy) is 2. The van der Waals surface area contributed by atoms with Crippen molar-refractivity contribution in [1.29, 1.82) is 5.26 Å². The summed E-state index contributed by atoms with van der Waals surface area (Å²) in [5.74, 6) is 0.739. The Morgan fingerprint density at radius 2 is 2.08 bits per heavy atom. The zero-order valence-electron chi connectivity index (χ0n) is 21.8. The van der Waals surface area contributed by atoms with E-state index in [1.807, 2.05) is 29.1 Å². The minimum atomic E-state index is -0.450. The van der Waals surface area contributed by atoms with Crippen molar-refractivity contribution in [2.45, 2.75) is 58.4 Å². The molecule has 2 aliphatic rings. The number of rotatable bonds is 6. The van der Waals surface area contributed by atoms with E-state index < -0.39 is 5.97 Å². The molecule has 1 atom stereocenters. The quantitative estimate of drug-likeness (QED) is 0.439. The summed E-state index contributed by atoms with van der Waals surface area (Å²) >= 11 is 0. The van der Waals surface area contributed by atoms with Gasteiger partial charge in [0, 0.05) is 37.4 Å². The lowest BCUT2D eigenvalue weighted by Crippen LogP contribution is -2.33. The summed E-state index contributed by atoms with van der Waals surface area (Å²) < 4.78 is 13.0. The van der Waals surface area contributed by atoms with Crippen LogP contribution in [-0.2, 0) is 9.47 Å². The molecule has 194 valence electrons. The van der Waals surface area contributed by atoms with Gasteiger partial charge in [-0.3, -0.25) is 0 Å². The first-order valence-corrected chi connectivity index (χ1v) is 13.3. The highest BCUT2D eigenvalue weighted by Gasteiger charge is 2.27. The Labute approximate surface area is 217 Å². The van der Waals surface area contributed by atoms with Crippen molar-refractivity contribution < 1.29 is 14.3 Å². The van der Waals surface area contributed by atoms with Crippen LogP contribution in [0.5, 0.6) is 0 Å². The van der Waals surface area contributed by atoms with Crippen molar-refractivity contribution in [3.63, 3.8) is 0 Å². The van der Waals surface area contributed by atoms with Crippen LogP contribution in [0.25, 0.3) is 22.2 Å². The summed E-state index contributed by atoms with van der Waals surface area (Å²) in [5.41, 5.74) is 3.67. The zero-order chi connectivity index (χ0) is 25.9. The van der Waals surface area contributed by atoms with Crippen molar-refractivity contribution in [1.82, 2.24) is 19.7 Å². The summed E-state index contributed by atoms with van der Waals surface area (Å²) in [6, 6.07) is 8.33. The van der Waals surface area contributed by atoms with Gasteiger partial charge in [0.15, 0.2) is 11.3 Å². The summed E-state index contributed by atoms with van der Waals surface area (Å²) in [6.07, 6.45) is 5.49. The second-order valence-corrected chi connectivity index (χ2v) is 10.1. The molecule has 0 N–H and O–H groups in total. The van der Waals surface area contributed by atoms with Gasteiger partial charge in [0.2, 0.25) is 0 Å². The molecule has 3 aromatic rings. The first-order chi connectivity index (χ1) is 18.0. The Bertz CT molecular complexity index is 1300. The average molecular weight is 503 g/mol. The third kappa shape index (κ3) is 5.03. The maximum absolute atomic E-state index is 12.8. The Hall–Kier alpha value is -3.51. The van der Waals surface area contributed by atoms with E-state index in [9.17, 15) is 10.1 Å². The van der Waals surface area contributed by atoms with Gasteiger partial charge in [-0.25, -0.2) is 19.4 Å². The summed E-state index contributed by atoms with van der Waals surface area (Å²) in [4.78, 5) is 24.6. The number of piperidine rings is 1. The van der Waals surface area contributed by atoms with Crippen molar-refractivity contribution in [2.24, 2.45) is 5.92 Å². The second-order valence-electron chi connectivity index (χ2n) is 10.1. The third-order valence-corrected chi connectivity index (χ3v) is 7.26. The molecule has 0 saturated carbocycles. The Balaban J connectivity index is 1.60. The minimum absolute atomic E-state index is 0.0679. The highest BCUT2D eigenvalue weighted by molar-refractivity contribution is 6.00. The first-order valence-electron chi connectivity index (χ1n) is 13.3. The van der Waals surface area contributed by atoms with Crippen LogP contribution in [0.4, 0.5) is 5.82 Å². The summed E-state index contributed by atoms with van der Waals surface area (Å²) in [6.45, 7) is 9.30. The standard InChI is InChI=1S/C28H34N6O3/c1-4-37-28(35)23-14-22(20-7-8-24(30-16-20)33-11-9-19(15-29)10-12-33)25-26(18(2)3)32-34(27(25)31-23)21-6-5-13-36-17-21/h7-8,14,16,18-19,21H,4-6,9-13,17H2,1-3H3. The molecule has 9 heteroatoms. The van der Waals surface area contributed by atoms with Gasteiger partial charge in [0.1, 0.15) is 5.82 Å². The Morgan fingerprint density at radius 1 is 1.27 bits per heavy atom. The van der Waals surface area contributed by atoms with Crippen LogP contribution < -0.4 is 4.90 Å². The largest absolute Gasteiger partial charge is 0.461 e. The highest BCUT2D eigenvalue weighted by atomic mass is 16.5. The van der Waals surface area contributed by atoms with Crippen LogP contribution in [0.15, 0.2) is 24.4 Å². The molecule has 3 aromatic heterocycles. The zero-order valence-corrected chi connectivity index (χ0v) is 21.8. The molecule has 2 aliphatic heterocycles. The number of fused-ring (bicyclic) bond motifs is 1. The van der Waals surface area contributed by atoms with E-state index in [1.54, 1.807) is 6.92 Å². The Morgan fingerprint density at radius 3 is 2.70 bits per heavy atom. The molecule has 5 heterocycles. The van der Waals surface area contributed by atoms with Gasteiger partial charge in [-0.2, -0.15) is 10.4 Å². The van der Waals surface area contributed by atoms with Crippen molar-refractivity contribution in [3.8, 4) is 17.2 Å². The third-order valence-electron chi connectivity index (χ3n) is 7.26. The molecule has 0 aromatic carbocycles. The van der Waals surface area contributed by atoms with Crippen molar-refractivity contribution in [3.05, 3.63) is 35.8 Å². The van der Waals surface area contributed by atoms with Gasteiger partial charge >= 0.3 is 5.97 Å². The number of pyridine rings is 2. The molecule has 2 fully saturated rings. The monoisotopic (exact) mass is 502 g/mol. The highest BCUT2D eigenvalue weighted by Crippen LogP contribution is 2.37. The number of carbonyl (C=O) groups excluding carboxylic acids is 1. The number of esters is 1. The normalized spacial score (nSPS) is 18.8. The minimum Gasteiger partial charge on any atom is -0.461 e. The fourth-order valence-corrected chi connectivity index (χ4v) is 5.25. The average Bonchev–Trinajstić information content (AvgIpc) is 3.33. The molecular weight excluding hydrogens is 468 g/mol. The van der Waals surface area contributed by atoms with E-state index in [0.717, 1.165) is 73.4 Å². The van der Waals surface area contributed by atoms with Gasteiger partial charge in [0.25, 0.3) is 0 Å². The van der Waals surface area contributed by atoms with E-state index in [2.05, 4.69) is 24.8 Å². The number of hydrogen-bond donors (Lipinski definition) is 0. The molecule has 37 heavy (non-hydrogen) atoms. The van der Waals surface area contributed by atoms with Gasteiger partial charge in [-0.1, -0.05) is 13.8 Å². The predicted octanol–water partition coefficient (Wildman–Crippen LogP) is 4.88. The van der Waals surface area contributed by atoms with E-state index in [1.165, 1.54) is 0 Å². The fraction of sp³-hybridized carbons (Fsp3) is 0.536. The van der Waals surface area contributed by atoms with Gasteiger partial charge in [-0.15, -0.1) is 0 Å². The smallest absolute Gasteiger partial charge is 0.357 e. The van der Waals surface area contributed by atoms with Gasteiger partial charge < -0.3 is 14.4 Å². The van der Waals surface area contributed by atoms with E-state index in [0.29, 0.717) is 12.3 Å². The lowest BCUT2D eigenvalue weighted by atomic mass is 9.97. The molecule has 0 amide bonds. The van der Waals surface area contributed by atoms with Crippen LogP contribution >= 0.6 is 0 Å². The van der Waals surface area contributed by atoms with Crippen LogP contribution in [0.1, 0.15) is 74.6 Å². The Kier molecular flexibility index (Phi) is 7.38. The number of hydrogen-bond acceptors (Lipinski definition) is 8. The first kappa shape index (κ1) is 25.2. The number of nitriles is 1. The van der Waals surface area contributed by atoms with Crippen molar-refractivity contribution in [2.75, 3.05) is 37.8 Å². The van der Waals surface area contributed by atoms with Crippen LogP contribution in [0, 0.1) is 17.2 Å². The van der Waals surface area contributed by atoms with Crippen molar-refractivity contribution >= 4 is 22.8 Å². The fourth-order valence-electron chi connectivity index (χ4n) is 5.25. The number of carbonyl (C=O) groups is 1. The molecule has 1 unspecified atom stereocenters. The van der Waals surface area contributed by atoms with Gasteiger partial charge in [0.05, 0.1) is 36.4 Å². The molecule has 0 bridgehead atoms. The van der Waals surface area contributed by atoms with Gasteiger partial charge in [-0.05, 0) is 62.3 Å². The second kappa shape index (κ2) is 10.9. The van der Waals surface area contributed by atoms with Crippen LogP contribution in [0.2, 0.25) is 0 Å². The molecule has 5 rings (SSSR count). The van der Waals surface area contributed by atoms with E-state index >= 15 is 0 Å². The maximum atomic E-state index is 12.8. The predicted molar refractivity (Wildman–Crippen MR) is 140 cm³/mol. The van der Waals surface area contributed by atoms with E-state index in [-0.39, 0.29) is 30.2 Å². The summed E-state index contributed by atoms with van der Waals surface area (Å²) in [5, 5.41) is 15.2. The number of anilines is 1. The molecule has 0 aliphatic carbocycles. The van der Waals surface area contributed by atoms with Crippen LogP contribution in [0.3, 0.4) is 0 Å². The molecular formula is C28H34N6O3. The lowest BCUT2D eigenvalue weighted by molar-refractivity contribution is 0.0518. The molecule has 9 nitrogen and oxygen atoms in total. The van der Waals surface area contributed by atoms with Crippen LogP contribution in [-0.4, -0.2) is 58.6 Å². The topological polar surface area (TPSA) is 106 Å². The number of nitrogens with zero attached hydrogens (tertiary/aromatic N) is 6. The lowest BCUT2D eigenvalue weighted by Gasteiger charge is -2.30. The summed E-state index contributed by atoms with van der Waals surface area (Å²) in [7, 11) is 0.